The van der Waals surface area contributed by atoms with Crippen molar-refractivity contribution in [2.75, 3.05) is 11.9 Å². The lowest BCUT2D eigenvalue weighted by Gasteiger charge is -2.07. The molecule has 0 heterocycles. The Bertz CT molecular complexity index is 570. The quantitative estimate of drug-likeness (QED) is 0.894. The van der Waals surface area contributed by atoms with Crippen molar-refractivity contribution in [3.05, 3.63) is 64.1 Å². The van der Waals surface area contributed by atoms with E-state index in [4.69, 9.17) is 23.2 Å². The summed E-state index contributed by atoms with van der Waals surface area (Å²) in [6.45, 7) is 0.281. The van der Waals surface area contributed by atoms with E-state index in [0.717, 1.165) is 11.3 Å². The molecule has 0 aromatic heterocycles. The zero-order valence-corrected chi connectivity index (χ0v) is 11.7. The highest BCUT2D eigenvalue weighted by Crippen LogP contribution is 2.21. The highest BCUT2D eigenvalue weighted by Gasteiger charge is 2.07. The number of ketones is 1. The van der Waals surface area contributed by atoms with Gasteiger partial charge in [0.1, 0.15) is 0 Å². The van der Waals surface area contributed by atoms with E-state index in [1.807, 2.05) is 30.3 Å². The van der Waals surface area contributed by atoms with Gasteiger partial charge in [0.25, 0.3) is 0 Å². The maximum Gasteiger partial charge on any atom is 0.156 e. The molecule has 1 N–H and O–H groups in total. The number of hydrogen-bond donors (Lipinski definition) is 1. The lowest BCUT2D eigenvalue weighted by atomic mass is 10.1. The molecule has 0 saturated carbocycles. The number of para-hydroxylation sites is 1. The third kappa shape index (κ3) is 4.27. The van der Waals surface area contributed by atoms with Gasteiger partial charge < -0.3 is 5.32 Å². The largest absolute Gasteiger partial charge is 0.378 e. The molecule has 0 amide bonds. The van der Waals surface area contributed by atoms with Crippen LogP contribution < -0.4 is 5.32 Å². The maximum atomic E-state index is 11.9. The zero-order valence-electron chi connectivity index (χ0n) is 10.2. The number of benzene rings is 2. The summed E-state index contributed by atoms with van der Waals surface area (Å²) in [7, 11) is 0. The molecule has 19 heavy (non-hydrogen) atoms. The Labute approximate surface area is 122 Å². The first-order chi connectivity index (χ1) is 9.15. The van der Waals surface area contributed by atoms with Crippen LogP contribution in [0.4, 0.5) is 5.69 Å². The average Bonchev–Trinajstić information content (AvgIpc) is 2.41. The minimum absolute atomic E-state index is 0.0769. The van der Waals surface area contributed by atoms with Crippen LogP contribution >= 0.6 is 23.2 Å². The molecule has 0 aliphatic carbocycles. The highest BCUT2D eigenvalue weighted by molar-refractivity contribution is 6.35. The van der Waals surface area contributed by atoms with Crippen molar-refractivity contribution in [2.45, 2.75) is 6.42 Å². The van der Waals surface area contributed by atoms with E-state index < -0.39 is 0 Å². The Hall–Kier alpha value is -1.51. The number of carbonyl (C=O) groups is 1. The number of nitrogens with one attached hydrogen (secondary N) is 1. The first-order valence-corrected chi connectivity index (χ1v) is 6.65. The van der Waals surface area contributed by atoms with E-state index in [9.17, 15) is 4.79 Å². The van der Waals surface area contributed by atoms with Gasteiger partial charge in [-0.25, -0.2) is 0 Å². The van der Waals surface area contributed by atoms with Crippen molar-refractivity contribution in [1.29, 1.82) is 0 Å². The zero-order chi connectivity index (χ0) is 13.7. The Morgan fingerprint density at radius 2 is 1.79 bits per heavy atom. The number of Topliss-reactive ketones (excluding diaryl/α,β-unsaturated/α-hetero) is 1. The van der Waals surface area contributed by atoms with Gasteiger partial charge in [0, 0.05) is 22.2 Å². The number of halogens is 2. The summed E-state index contributed by atoms with van der Waals surface area (Å²) in [5, 5.41) is 4.18. The topological polar surface area (TPSA) is 29.1 Å². The monoisotopic (exact) mass is 293 g/mol. The molecule has 2 rings (SSSR count). The van der Waals surface area contributed by atoms with Crippen molar-refractivity contribution >= 4 is 34.7 Å². The van der Waals surface area contributed by atoms with Crippen LogP contribution in [0.1, 0.15) is 5.56 Å². The molecule has 0 radical (unpaired) electrons. The number of rotatable bonds is 5. The fraction of sp³-hybridized carbons (Fsp3) is 0.133. The Kier molecular flexibility index (Phi) is 4.83. The third-order valence-electron chi connectivity index (χ3n) is 2.67. The molecule has 0 aliphatic rings. The van der Waals surface area contributed by atoms with Gasteiger partial charge in [-0.15, -0.1) is 0 Å². The van der Waals surface area contributed by atoms with Gasteiger partial charge in [-0.3, -0.25) is 4.79 Å². The fourth-order valence-electron chi connectivity index (χ4n) is 1.70. The normalized spacial score (nSPS) is 10.2. The van der Waals surface area contributed by atoms with Crippen molar-refractivity contribution < 1.29 is 4.79 Å². The smallest absolute Gasteiger partial charge is 0.156 e. The predicted molar refractivity (Wildman–Crippen MR) is 80.1 cm³/mol. The van der Waals surface area contributed by atoms with Crippen LogP contribution in [0.25, 0.3) is 0 Å². The minimum Gasteiger partial charge on any atom is -0.378 e. The van der Waals surface area contributed by atoms with Crippen molar-refractivity contribution in [3.8, 4) is 0 Å². The van der Waals surface area contributed by atoms with Crippen LogP contribution in [0, 0.1) is 0 Å². The van der Waals surface area contributed by atoms with E-state index >= 15 is 0 Å². The van der Waals surface area contributed by atoms with Gasteiger partial charge in [0.05, 0.1) is 6.54 Å². The van der Waals surface area contributed by atoms with Crippen LogP contribution in [0.15, 0.2) is 48.5 Å². The summed E-state index contributed by atoms with van der Waals surface area (Å²) >= 11 is 11.8. The van der Waals surface area contributed by atoms with Crippen LogP contribution in [0.3, 0.4) is 0 Å². The van der Waals surface area contributed by atoms with E-state index in [-0.39, 0.29) is 12.3 Å². The molecule has 0 bridgehead atoms. The lowest BCUT2D eigenvalue weighted by Crippen LogP contribution is -2.16. The second kappa shape index (κ2) is 6.60. The summed E-state index contributed by atoms with van der Waals surface area (Å²) in [5.74, 6) is 0.0769. The first-order valence-electron chi connectivity index (χ1n) is 5.90. The van der Waals surface area contributed by atoms with Gasteiger partial charge in [-0.05, 0) is 29.8 Å². The van der Waals surface area contributed by atoms with Gasteiger partial charge in [0.2, 0.25) is 0 Å². The van der Waals surface area contributed by atoms with E-state index in [2.05, 4.69) is 5.32 Å². The van der Waals surface area contributed by atoms with Crippen LogP contribution in [-0.4, -0.2) is 12.3 Å². The molecule has 2 aromatic rings. The summed E-state index contributed by atoms with van der Waals surface area (Å²) in [4.78, 5) is 11.9. The molecule has 0 fully saturated rings. The third-order valence-corrected chi connectivity index (χ3v) is 3.25. The molecule has 4 heteroatoms. The minimum atomic E-state index is 0.0769. The average molecular weight is 294 g/mol. The van der Waals surface area contributed by atoms with E-state index in [0.29, 0.717) is 16.5 Å². The molecule has 98 valence electrons. The van der Waals surface area contributed by atoms with E-state index in [1.54, 1.807) is 18.2 Å². The van der Waals surface area contributed by atoms with Gasteiger partial charge in [-0.1, -0.05) is 47.5 Å². The standard InChI is InChI=1S/C15H13Cl2NO/c16-12-7-6-11(15(17)9-12)8-14(19)10-18-13-4-2-1-3-5-13/h1-7,9,18H,8,10H2. The van der Waals surface area contributed by atoms with E-state index in [1.165, 1.54) is 0 Å². The highest BCUT2D eigenvalue weighted by atomic mass is 35.5. The fourth-order valence-corrected chi connectivity index (χ4v) is 2.17. The number of carbonyl (C=O) groups excluding carboxylic acids is 1. The molecule has 0 saturated heterocycles. The molecule has 0 unspecified atom stereocenters. The van der Waals surface area contributed by atoms with Gasteiger partial charge >= 0.3 is 0 Å². The SMILES string of the molecule is O=C(CNc1ccccc1)Cc1ccc(Cl)cc1Cl. The molecule has 0 atom stereocenters. The Balaban J connectivity index is 1.91. The second-order valence-corrected chi connectivity index (χ2v) is 5.01. The molecule has 0 spiro atoms. The summed E-state index contributed by atoms with van der Waals surface area (Å²) in [5.41, 5.74) is 1.73. The molecule has 2 nitrogen and oxygen atoms in total. The number of hydrogen-bond acceptors (Lipinski definition) is 2. The lowest BCUT2D eigenvalue weighted by molar-refractivity contribution is -0.116. The molecular formula is C15H13Cl2NO. The van der Waals surface area contributed by atoms with Gasteiger partial charge in [0.15, 0.2) is 5.78 Å². The predicted octanol–water partition coefficient (Wildman–Crippen LogP) is 4.22. The van der Waals surface area contributed by atoms with Gasteiger partial charge in [-0.2, -0.15) is 0 Å². The molecular weight excluding hydrogens is 281 g/mol. The second-order valence-electron chi connectivity index (χ2n) is 4.17. The summed E-state index contributed by atoms with van der Waals surface area (Å²) < 4.78 is 0. The van der Waals surface area contributed by atoms with Crippen molar-refractivity contribution in [2.24, 2.45) is 0 Å². The first kappa shape index (κ1) is 13.9. The summed E-state index contributed by atoms with van der Waals surface area (Å²) in [6, 6.07) is 14.8. The van der Waals surface area contributed by atoms with Crippen molar-refractivity contribution in [3.63, 3.8) is 0 Å². The van der Waals surface area contributed by atoms with Crippen LogP contribution in [0.2, 0.25) is 10.0 Å². The van der Waals surface area contributed by atoms with Crippen LogP contribution in [0.5, 0.6) is 0 Å². The maximum absolute atomic E-state index is 11.9. The Morgan fingerprint density at radius 1 is 1.05 bits per heavy atom. The summed E-state index contributed by atoms with van der Waals surface area (Å²) in [6.07, 6.45) is 0.301. The Morgan fingerprint density at radius 3 is 2.47 bits per heavy atom. The van der Waals surface area contributed by atoms with Crippen molar-refractivity contribution in [1.82, 2.24) is 0 Å². The molecule has 0 aliphatic heterocycles. The molecule has 2 aromatic carbocycles. The number of anilines is 1. The van der Waals surface area contributed by atoms with Crippen LogP contribution in [-0.2, 0) is 11.2 Å².